The SMILES string of the molecule is CCOc1ccc(S(=O)(=O)N2CCC[C@@H](C(=O)N3CCC(C(N)=O)CC3)C2)cc1C. The molecule has 2 amide bonds. The number of aryl methyl sites for hydroxylation is 1. The largest absolute Gasteiger partial charge is 0.494 e. The van der Waals surface area contributed by atoms with Gasteiger partial charge in [-0.25, -0.2) is 8.42 Å². The maximum absolute atomic E-state index is 13.2. The second kappa shape index (κ2) is 9.34. The molecule has 2 N–H and O–H groups in total. The van der Waals surface area contributed by atoms with E-state index in [2.05, 4.69) is 0 Å². The van der Waals surface area contributed by atoms with E-state index in [1.165, 1.54) is 4.31 Å². The smallest absolute Gasteiger partial charge is 0.243 e. The lowest BCUT2D eigenvalue weighted by Crippen LogP contribution is -2.49. The minimum atomic E-state index is -3.69. The number of amides is 2. The van der Waals surface area contributed by atoms with E-state index in [-0.39, 0.29) is 35.1 Å². The standard InChI is InChI=1S/C21H31N3O5S/c1-3-29-19-7-6-18(13-15(19)2)30(27,28)24-10-4-5-17(14-24)21(26)23-11-8-16(9-12-23)20(22)25/h6-7,13,16-17H,3-5,8-12,14H2,1-2H3,(H2,22,25)/t17-/m1/s1. The van der Waals surface area contributed by atoms with E-state index in [0.717, 1.165) is 5.56 Å². The van der Waals surface area contributed by atoms with Gasteiger partial charge in [0.1, 0.15) is 5.75 Å². The van der Waals surface area contributed by atoms with Crippen molar-refractivity contribution in [3.63, 3.8) is 0 Å². The zero-order valence-corrected chi connectivity index (χ0v) is 18.5. The third-order valence-corrected chi connectivity index (χ3v) is 7.89. The fraction of sp³-hybridized carbons (Fsp3) is 0.619. The summed E-state index contributed by atoms with van der Waals surface area (Å²) in [6.45, 7) is 5.79. The van der Waals surface area contributed by atoms with Gasteiger partial charge in [-0.15, -0.1) is 0 Å². The third kappa shape index (κ3) is 4.78. The summed E-state index contributed by atoms with van der Waals surface area (Å²) in [6, 6.07) is 4.87. The predicted octanol–water partition coefficient (Wildman–Crippen LogP) is 1.52. The van der Waals surface area contributed by atoms with Crippen molar-refractivity contribution in [3.8, 4) is 5.75 Å². The molecule has 1 aromatic carbocycles. The zero-order chi connectivity index (χ0) is 21.9. The Morgan fingerprint density at radius 1 is 1.13 bits per heavy atom. The van der Waals surface area contributed by atoms with Crippen LogP contribution < -0.4 is 10.5 Å². The lowest BCUT2D eigenvalue weighted by Gasteiger charge is -2.37. The van der Waals surface area contributed by atoms with Gasteiger partial charge in [-0.05, 0) is 63.3 Å². The maximum Gasteiger partial charge on any atom is 0.243 e. The summed E-state index contributed by atoms with van der Waals surface area (Å²) in [6.07, 6.45) is 2.45. The Kier molecular flexibility index (Phi) is 7.02. The molecular weight excluding hydrogens is 406 g/mol. The second-order valence-corrected chi connectivity index (χ2v) is 10.0. The second-order valence-electron chi connectivity index (χ2n) is 8.06. The topological polar surface area (TPSA) is 110 Å². The molecule has 8 nitrogen and oxygen atoms in total. The van der Waals surface area contributed by atoms with E-state index in [1.54, 1.807) is 23.1 Å². The molecule has 0 spiro atoms. The van der Waals surface area contributed by atoms with E-state index >= 15 is 0 Å². The highest BCUT2D eigenvalue weighted by Gasteiger charge is 2.36. The summed E-state index contributed by atoms with van der Waals surface area (Å²) >= 11 is 0. The van der Waals surface area contributed by atoms with Crippen LogP contribution >= 0.6 is 0 Å². The van der Waals surface area contributed by atoms with E-state index in [9.17, 15) is 18.0 Å². The number of hydrogen-bond acceptors (Lipinski definition) is 5. The molecular formula is C21H31N3O5S. The number of piperidine rings is 2. The number of likely N-dealkylation sites (tertiary alicyclic amines) is 1. The van der Waals surface area contributed by atoms with Crippen LogP contribution in [0, 0.1) is 18.8 Å². The summed E-state index contributed by atoms with van der Waals surface area (Å²) in [7, 11) is -3.69. The number of carbonyl (C=O) groups is 2. The van der Waals surface area contributed by atoms with E-state index < -0.39 is 10.0 Å². The molecule has 166 valence electrons. The Labute approximate surface area is 178 Å². The van der Waals surface area contributed by atoms with Crippen LogP contribution in [-0.2, 0) is 19.6 Å². The number of rotatable bonds is 6. The molecule has 0 saturated carbocycles. The highest BCUT2D eigenvalue weighted by molar-refractivity contribution is 7.89. The summed E-state index contributed by atoms with van der Waals surface area (Å²) in [5.74, 6) is -0.214. The molecule has 3 rings (SSSR count). The first kappa shape index (κ1) is 22.6. The predicted molar refractivity (Wildman–Crippen MR) is 112 cm³/mol. The molecule has 0 unspecified atom stereocenters. The number of nitrogens with two attached hydrogens (primary N) is 1. The lowest BCUT2D eigenvalue weighted by atomic mass is 9.93. The van der Waals surface area contributed by atoms with Gasteiger partial charge in [-0.1, -0.05) is 0 Å². The molecule has 9 heteroatoms. The Balaban J connectivity index is 1.68. The number of sulfonamides is 1. The van der Waals surface area contributed by atoms with E-state index in [4.69, 9.17) is 10.5 Å². The number of carbonyl (C=O) groups excluding carboxylic acids is 2. The molecule has 0 bridgehead atoms. The van der Waals surface area contributed by atoms with Crippen molar-refractivity contribution in [1.29, 1.82) is 0 Å². The zero-order valence-electron chi connectivity index (χ0n) is 17.7. The Morgan fingerprint density at radius 2 is 1.83 bits per heavy atom. The van der Waals surface area contributed by atoms with Crippen LogP contribution in [0.25, 0.3) is 0 Å². The number of hydrogen-bond donors (Lipinski definition) is 1. The Hall–Kier alpha value is -2.13. The van der Waals surface area contributed by atoms with Crippen LogP contribution in [0.2, 0.25) is 0 Å². The monoisotopic (exact) mass is 437 g/mol. The molecule has 0 aliphatic carbocycles. The summed E-state index contributed by atoms with van der Waals surface area (Å²) in [5.41, 5.74) is 6.13. The van der Waals surface area contributed by atoms with Gasteiger partial charge in [0.05, 0.1) is 17.4 Å². The number of ether oxygens (including phenoxy) is 1. The first-order valence-corrected chi connectivity index (χ1v) is 12.0. The van der Waals surface area contributed by atoms with Crippen molar-refractivity contribution in [2.24, 2.45) is 17.6 Å². The lowest BCUT2D eigenvalue weighted by molar-refractivity contribution is -0.139. The van der Waals surface area contributed by atoms with Gasteiger partial charge in [0, 0.05) is 32.1 Å². The molecule has 0 radical (unpaired) electrons. The normalized spacial score (nSPS) is 21.4. The van der Waals surface area contributed by atoms with Crippen molar-refractivity contribution in [1.82, 2.24) is 9.21 Å². The van der Waals surface area contributed by atoms with Crippen molar-refractivity contribution in [2.45, 2.75) is 44.4 Å². The fourth-order valence-corrected chi connectivity index (χ4v) is 5.86. The van der Waals surface area contributed by atoms with Crippen molar-refractivity contribution >= 4 is 21.8 Å². The van der Waals surface area contributed by atoms with Crippen LogP contribution in [0.5, 0.6) is 5.75 Å². The Bertz CT molecular complexity index is 894. The molecule has 30 heavy (non-hydrogen) atoms. The molecule has 2 saturated heterocycles. The molecule has 1 atom stereocenters. The molecule has 1 aromatic rings. The molecule has 2 fully saturated rings. The summed E-state index contributed by atoms with van der Waals surface area (Å²) in [5, 5.41) is 0. The van der Waals surface area contributed by atoms with Crippen molar-refractivity contribution in [2.75, 3.05) is 32.8 Å². The van der Waals surface area contributed by atoms with E-state index in [1.807, 2.05) is 13.8 Å². The third-order valence-electron chi connectivity index (χ3n) is 6.03. The highest BCUT2D eigenvalue weighted by atomic mass is 32.2. The van der Waals surface area contributed by atoms with Crippen LogP contribution in [0.1, 0.15) is 38.2 Å². The highest BCUT2D eigenvalue weighted by Crippen LogP contribution is 2.29. The Morgan fingerprint density at radius 3 is 2.43 bits per heavy atom. The number of primary amides is 1. The van der Waals surface area contributed by atoms with Gasteiger partial charge < -0.3 is 15.4 Å². The van der Waals surface area contributed by atoms with Crippen molar-refractivity contribution in [3.05, 3.63) is 23.8 Å². The minimum Gasteiger partial charge on any atom is -0.494 e. The minimum absolute atomic E-state index is 0.0271. The average molecular weight is 438 g/mol. The van der Waals surface area contributed by atoms with Gasteiger partial charge in [-0.3, -0.25) is 9.59 Å². The molecule has 2 heterocycles. The van der Waals surface area contributed by atoms with Crippen LogP contribution in [0.3, 0.4) is 0 Å². The molecule has 2 aliphatic heterocycles. The first-order valence-electron chi connectivity index (χ1n) is 10.6. The average Bonchev–Trinajstić information content (AvgIpc) is 2.75. The van der Waals surface area contributed by atoms with Crippen LogP contribution in [-0.4, -0.2) is 62.2 Å². The van der Waals surface area contributed by atoms with Gasteiger partial charge in [0.25, 0.3) is 0 Å². The molecule has 2 aliphatic rings. The van der Waals surface area contributed by atoms with Crippen LogP contribution in [0.4, 0.5) is 0 Å². The van der Waals surface area contributed by atoms with Crippen LogP contribution in [0.15, 0.2) is 23.1 Å². The maximum atomic E-state index is 13.2. The van der Waals surface area contributed by atoms with Crippen molar-refractivity contribution < 1.29 is 22.7 Å². The van der Waals surface area contributed by atoms with Gasteiger partial charge >= 0.3 is 0 Å². The number of nitrogens with zero attached hydrogens (tertiary/aromatic N) is 2. The first-order chi connectivity index (χ1) is 14.2. The van der Waals surface area contributed by atoms with Gasteiger partial charge in [0.15, 0.2) is 0 Å². The molecule has 0 aromatic heterocycles. The summed E-state index contributed by atoms with van der Waals surface area (Å²) < 4.78 is 33.3. The van der Waals surface area contributed by atoms with Gasteiger partial charge in [0.2, 0.25) is 21.8 Å². The number of benzene rings is 1. The van der Waals surface area contributed by atoms with E-state index in [0.29, 0.717) is 57.7 Å². The summed E-state index contributed by atoms with van der Waals surface area (Å²) in [4.78, 5) is 26.3. The van der Waals surface area contributed by atoms with Gasteiger partial charge in [-0.2, -0.15) is 4.31 Å². The fourth-order valence-electron chi connectivity index (χ4n) is 4.25. The quantitative estimate of drug-likeness (QED) is 0.726.